The van der Waals surface area contributed by atoms with Crippen molar-refractivity contribution < 1.29 is 9.18 Å². The lowest BCUT2D eigenvalue weighted by atomic mass is 10.0. The first-order valence-electron chi connectivity index (χ1n) is 7.06. The molecule has 3 rings (SSSR count). The van der Waals surface area contributed by atoms with Gasteiger partial charge in [-0.1, -0.05) is 0 Å². The number of benzene rings is 1. The summed E-state index contributed by atoms with van der Waals surface area (Å²) in [6.45, 7) is 1.34. The largest absolute Gasteiger partial charge is 0.338 e. The van der Waals surface area contributed by atoms with E-state index in [9.17, 15) is 9.18 Å². The van der Waals surface area contributed by atoms with Crippen molar-refractivity contribution in [2.45, 2.75) is 18.9 Å². The minimum Gasteiger partial charge on any atom is -0.338 e. The average molecular weight is 361 g/mol. The molecule has 1 aromatic heterocycles. The van der Waals surface area contributed by atoms with E-state index in [-0.39, 0.29) is 30.7 Å². The number of nitrogens with one attached hydrogen (secondary N) is 1. The normalized spacial score (nSPS) is 15.0. The van der Waals surface area contributed by atoms with Crippen LogP contribution < -0.4 is 5.32 Å². The molecule has 0 unspecified atom stereocenters. The number of halogens is 3. The summed E-state index contributed by atoms with van der Waals surface area (Å²) in [4.78, 5) is 22.6. The van der Waals surface area contributed by atoms with Crippen molar-refractivity contribution in [1.29, 1.82) is 0 Å². The van der Waals surface area contributed by atoms with Gasteiger partial charge < -0.3 is 10.2 Å². The van der Waals surface area contributed by atoms with Gasteiger partial charge in [0.1, 0.15) is 11.3 Å². The zero-order valence-electron chi connectivity index (χ0n) is 12.7. The molecule has 0 spiro atoms. The van der Waals surface area contributed by atoms with Gasteiger partial charge in [0.05, 0.1) is 11.1 Å². The number of piperidine rings is 1. The molecule has 126 valence electrons. The van der Waals surface area contributed by atoms with Gasteiger partial charge in [0.25, 0.3) is 5.91 Å². The molecular weight excluding hydrogens is 342 g/mol. The van der Waals surface area contributed by atoms with Crippen molar-refractivity contribution in [3.8, 4) is 0 Å². The fraction of sp³-hybridized carbons (Fsp3) is 0.400. The molecule has 0 saturated carbocycles. The first kappa shape index (κ1) is 19.5. The van der Waals surface area contributed by atoms with Gasteiger partial charge in [-0.25, -0.2) is 4.39 Å². The molecule has 1 aromatic carbocycles. The number of hydrogen-bond acceptors (Lipinski definition) is 4. The lowest BCUT2D eigenvalue weighted by Gasteiger charge is -2.32. The molecule has 0 radical (unpaired) electrons. The van der Waals surface area contributed by atoms with Gasteiger partial charge in [0.2, 0.25) is 0 Å². The Morgan fingerprint density at radius 2 is 1.87 bits per heavy atom. The molecule has 8 heteroatoms. The van der Waals surface area contributed by atoms with Crippen LogP contribution >= 0.6 is 24.8 Å². The maximum atomic E-state index is 13.7. The number of likely N-dealkylation sites (tertiary alicyclic amines) is 1. The standard InChI is InChI=1S/C15H17FN4O.2ClH/c1-17-11-2-6-20(7-3-11)15(21)12-8-10(16)9-13-14(12)19-5-4-18-13;;/h4-5,8-9,11,17H,2-3,6-7H2,1H3;2*1H. The third-order valence-corrected chi connectivity index (χ3v) is 3.96. The SMILES string of the molecule is CNC1CCN(C(=O)c2cc(F)cc3nccnc23)CC1.Cl.Cl. The van der Waals surface area contributed by atoms with E-state index >= 15 is 0 Å². The fourth-order valence-corrected chi connectivity index (χ4v) is 2.75. The zero-order valence-corrected chi connectivity index (χ0v) is 14.3. The van der Waals surface area contributed by atoms with Crippen LogP contribution in [0.4, 0.5) is 4.39 Å². The first-order valence-corrected chi connectivity index (χ1v) is 7.06. The van der Waals surface area contributed by atoms with Crippen LogP contribution in [-0.4, -0.2) is 47.0 Å². The molecule has 2 aromatic rings. The molecule has 0 atom stereocenters. The second kappa shape index (κ2) is 8.38. The molecule has 1 fully saturated rings. The second-order valence-electron chi connectivity index (χ2n) is 5.23. The second-order valence-corrected chi connectivity index (χ2v) is 5.23. The quantitative estimate of drug-likeness (QED) is 0.893. The molecule has 23 heavy (non-hydrogen) atoms. The lowest BCUT2D eigenvalue weighted by Crippen LogP contribution is -2.44. The molecular formula is C15H19Cl2FN4O. The highest BCUT2D eigenvalue weighted by Crippen LogP contribution is 2.20. The van der Waals surface area contributed by atoms with E-state index < -0.39 is 5.82 Å². The number of carbonyl (C=O) groups is 1. The Labute approximate surface area is 146 Å². The Balaban J connectivity index is 0.00000132. The molecule has 0 aliphatic carbocycles. The predicted octanol–water partition coefficient (Wildman–Crippen LogP) is 2.44. The number of nitrogens with zero attached hydrogens (tertiary/aromatic N) is 3. The number of fused-ring (bicyclic) bond motifs is 1. The Morgan fingerprint density at radius 3 is 2.52 bits per heavy atom. The van der Waals surface area contributed by atoms with Gasteiger partial charge in [-0.15, -0.1) is 24.8 Å². The van der Waals surface area contributed by atoms with Crippen molar-refractivity contribution >= 4 is 41.8 Å². The molecule has 1 aliphatic heterocycles. The Kier molecular flexibility index (Phi) is 7.12. The van der Waals surface area contributed by atoms with E-state index in [1.807, 2.05) is 7.05 Å². The van der Waals surface area contributed by atoms with E-state index in [1.54, 1.807) is 4.90 Å². The highest BCUT2D eigenvalue weighted by molar-refractivity contribution is 6.04. The Morgan fingerprint density at radius 1 is 1.22 bits per heavy atom. The molecule has 1 saturated heterocycles. The van der Waals surface area contributed by atoms with Crippen molar-refractivity contribution in [1.82, 2.24) is 20.2 Å². The van der Waals surface area contributed by atoms with Gasteiger partial charge in [-0.2, -0.15) is 0 Å². The van der Waals surface area contributed by atoms with Crippen molar-refractivity contribution in [3.63, 3.8) is 0 Å². The monoisotopic (exact) mass is 360 g/mol. The van der Waals surface area contributed by atoms with Crippen LogP contribution in [0.5, 0.6) is 0 Å². The molecule has 1 aliphatic rings. The van der Waals surface area contributed by atoms with Crippen LogP contribution in [0.2, 0.25) is 0 Å². The van der Waals surface area contributed by atoms with Crippen molar-refractivity contribution in [2.24, 2.45) is 0 Å². The van der Waals surface area contributed by atoms with Crippen LogP contribution in [0.1, 0.15) is 23.2 Å². The first-order chi connectivity index (χ1) is 10.2. The summed E-state index contributed by atoms with van der Waals surface area (Å²) in [6, 6.07) is 2.99. The van der Waals surface area contributed by atoms with Gasteiger partial charge in [-0.05, 0) is 26.0 Å². The molecule has 5 nitrogen and oxygen atoms in total. The van der Waals surface area contributed by atoms with Gasteiger partial charge in [0.15, 0.2) is 0 Å². The highest BCUT2D eigenvalue weighted by Gasteiger charge is 2.24. The molecule has 1 N–H and O–H groups in total. The van der Waals surface area contributed by atoms with Crippen LogP contribution in [0.15, 0.2) is 24.5 Å². The lowest BCUT2D eigenvalue weighted by molar-refractivity contribution is 0.0708. The van der Waals surface area contributed by atoms with E-state index in [4.69, 9.17) is 0 Å². The number of hydrogen-bond donors (Lipinski definition) is 1. The molecule has 0 bridgehead atoms. The predicted molar refractivity (Wildman–Crippen MR) is 92.0 cm³/mol. The number of aromatic nitrogens is 2. The van der Waals surface area contributed by atoms with E-state index in [0.717, 1.165) is 12.8 Å². The Hall–Kier alpha value is -1.50. The number of rotatable bonds is 2. The maximum absolute atomic E-state index is 13.7. The summed E-state index contributed by atoms with van der Waals surface area (Å²) in [7, 11) is 1.93. The summed E-state index contributed by atoms with van der Waals surface area (Å²) in [5.74, 6) is -0.633. The van der Waals surface area contributed by atoms with E-state index in [2.05, 4.69) is 15.3 Å². The topological polar surface area (TPSA) is 58.1 Å². The summed E-state index contributed by atoms with van der Waals surface area (Å²) in [5, 5.41) is 3.22. The van der Waals surface area contributed by atoms with Gasteiger partial charge >= 0.3 is 0 Å². The molecule has 1 amide bonds. The smallest absolute Gasteiger partial charge is 0.256 e. The number of amides is 1. The average Bonchev–Trinajstić information content (AvgIpc) is 2.53. The maximum Gasteiger partial charge on any atom is 0.256 e. The molecule has 2 heterocycles. The van der Waals surface area contributed by atoms with Crippen LogP contribution in [-0.2, 0) is 0 Å². The summed E-state index contributed by atoms with van der Waals surface area (Å²) in [5.41, 5.74) is 1.16. The minimum atomic E-state index is -0.462. The highest BCUT2D eigenvalue weighted by atomic mass is 35.5. The van der Waals surface area contributed by atoms with Crippen LogP contribution in [0.3, 0.4) is 0 Å². The fourth-order valence-electron chi connectivity index (χ4n) is 2.75. The van der Waals surface area contributed by atoms with Crippen molar-refractivity contribution in [3.05, 3.63) is 35.9 Å². The van der Waals surface area contributed by atoms with Gasteiger partial charge in [0, 0.05) is 37.6 Å². The van der Waals surface area contributed by atoms with Gasteiger partial charge in [-0.3, -0.25) is 14.8 Å². The zero-order chi connectivity index (χ0) is 14.8. The third kappa shape index (κ3) is 4.07. The van der Waals surface area contributed by atoms with E-state index in [1.165, 1.54) is 24.5 Å². The summed E-state index contributed by atoms with van der Waals surface area (Å²) >= 11 is 0. The third-order valence-electron chi connectivity index (χ3n) is 3.96. The van der Waals surface area contributed by atoms with Crippen LogP contribution in [0, 0.1) is 5.82 Å². The summed E-state index contributed by atoms with van der Waals surface area (Å²) < 4.78 is 13.7. The van der Waals surface area contributed by atoms with Crippen molar-refractivity contribution in [2.75, 3.05) is 20.1 Å². The minimum absolute atomic E-state index is 0. The Bertz CT molecular complexity index is 678. The van der Waals surface area contributed by atoms with E-state index in [0.29, 0.717) is 35.7 Å². The number of carbonyl (C=O) groups excluding carboxylic acids is 1. The van der Waals surface area contributed by atoms with Crippen LogP contribution in [0.25, 0.3) is 11.0 Å². The summed E-state index contributed by atoms with van der Waals surface area (Å²) in [6.07, 6.45) is 4.82.